The van der Waals surface area contributed by atoms with Crippen LogP contribution in [0.1, 0.15) is 133 Å². The SMILES string of the molecule is CCCCC1=Cc2c(-c3ccc(CC)cc3)cccc2[CH]1[Hf+2]1([CH]2C(CCCC)=Cc3c(-c4ccc(CC)cc4)cccc32)[CH]2CCCC[CH]21.[Cl-].[Cl-]. The fraction of sp³-hybridized carbons (Fsp3) is 0.417. The van der Waals surface area contributed by atoms with E-state index < -0.39 is 20.0 Å². The summed E-state index contributed by atoms with van der Waals surface area (Å²) in [5.41, 5.74) is 18.9. The van der Waals surface area contributed by atoms with Crippen molar-refractivity contribution in [3.63, 3.8) is 0 Å². The number of unbranched alkanes of at least 4 members (excludes halogenated alkanes) is 2. The minimum atomic E-state index is -3.24. The largest absolute Gasteiger partial charge is 1.00 e. The van der Waals surface area contributed by atoms with Crippen molar-refractivity contribution < 1.29 is 44.8 Å². The van der Waals surface area contributed by atoms with Crippen molar-refractivity contribution in [1.82, 2.24) is 0 Å². The molecule has 266 valence electrons. The molecule has 0 bridgehead atoms. The minimum Gasteiger partial charge on any atom is -1.00 e. The van der Waals surface area contributed by atoms with Crippen molar-refractivity contribution in [2.75, 3.05) is 0 Å². The summed E-state index contributed by atoms with van der Waals surface area (Å²) in [7, 11) is 0. The Kier molecular flexibility index (Phi) is 12.4. The van der Waals surface area contributed by atoms with Crippen LogP contribution in [0.3, 0.4) is 0 Å². The van der Waals surface area contributed by atoms with E-state index in [1.54, 1.807) is 22.3 Å². The zero-order valence-electron chi connectivity index (χ0n) is 31.3. The fourth-order valence-electron chi connectivity index (χ4n) is 10.9. The van der Waals surface area contributed by atoms with Crippen LogP contribution in [-0.2, 0) is 32.8 Å². The van der Waals surface area contributed by atoms with E-state index in [-0.39, 0.29) is 24.8 Å². The van der Waals surface area contributed by atoms with Crippen LogP contribution in [0, 0.1) is 0 Å². The van der Waals surface area contributed by atoms with Gasteiger partial charge in [-0.2, -0.15) is 0 Å². The van der Waals surface area contributed by atoms with Crippen LogP contribution in [0.4, 0.5) is 0 Å². The summed E-state index contributed by atoms with van der Waals surface area (Å²) in [6.45, 7) is 9.31. The first-order valence-corrected chi connectivity index (χ1v) is 28.3. The molecule has 4 aromatic carbocycles. The second-order valence-corrected chi connectivity index (χ2v) is 32.4. The molecule has 4 atom stereocenters. The molecule has 0 aromatic heterocycles. The predicted octanol–water partition coefficient (Wildman–Crippen LogP) is 8.43. The van der Waals surface area contributed by atoms with E-state index >= 15 is 0 Å². The molecule has 4 aliphatic rings. The standard InChI is InChI=1S/2C21H23.C6H10.2ClH.Hf/c2*1-3-5-7-17-14-19-8-6-9-20(21(19)15-17)18-12-10-16(4-2)11-13-18;1-2-4-6-5-3-1;;;/h2*6,8-15H,3-5,7H2,1-2H3;1-2H,3-6H2;2*1H;/q;;;;;+2/p-2. The number of allylic oxidation sites excluding steroid dienone is 2. The third-order valence-electron chi connectivity index (χ3n) is 13.2. The van der Waals surface area contributed by atoms with Gasteiger partial charge in [0.15, 0.2) is 0 Å². The summed E-state index contributed by atoms with van der Waals surface area (Å²) in [6, 6.07) is 33.9. The van der Waals surface area contributed by atoms with Gasteiger partial charge in [0.2, 0.25) is 0 Å². The maximum absolute atomic E-state index is 3.24. The number of rotatable bonds is 12. The van der Waals surface area contributed by atoms with Crippen LogP contribution in [0.25, 0.3) is 34.4 Å². The zero-order chi connectivity index (χ0) is 33.5. The monoisotopic (exact) mass is 882 g/mol. The molecule has 0 radical (unpaired) electrons. The summed E-state index contributed by atoms with van der Waals surface area (Å²) in [5, 5.41) is 0. The Bertz CT molecular complexity index is 1740. The van der Waals surface area contributed by atoms with E-state index in [1.807, 2.05) is 11.1 Å². The average Bonchev–Trinajstić information content (AvgIpc) is 3.43. The van der Waals surface area contributed by atoms with Gasteiger partial charge < -0.3 is 24.8 Å². The number of benzene rings is 4. The van der Waals surface area contributed by atoms with E-state index in [9.17, 15) is 0 Å². The summed E-state index contributed by atoms with van der Waals surface area (Å²) in [6.07, 6.45) is 21.3. The normalized spacial score (nSPS) is 22.7. The molecule has 4 unspecified atom stereocenters. The molecule has 0 spiro atoms. The Morgan fingerprint density at radius 2 is 0.941 bits per heavy atom. The van der Waals surface area contributed by atoms with Crippen LogP contribution < -0.4 is 24.8 Å². The Balaban J connectivity index is 0.00000224. The molecule has 0 amide bonds. The third-order valence-corrected chi connectivity index (χ3v) is 38.1. The van der Waals surface area contributed by atoms with Crippen molar-refractivity contribution in [3.8, 4) is 22.3 Å². The van der Waals surface area contributed by atoms with Crippen LogP contribution in [-0.4, -0.2) is 0 Å². The van der Waals surface area contributed by atoms with Crippen molar-refractivity contribution in [3.05, 3.63) is 129 Å². The number of fused-ring (bicyclic) bond motifs is 3. The molecule has 2 fully saturated rings. The summed E-state index contributed by atoms with van der Waals surface area (Å²) in [4.78, 5) is 0. The molecule has 8 rings (SSSR count). The fourth-order valence-corrected chi connectivity index (χ4v) is 46.3. The molecule has 3 aliphatic carbocycles. The number of aryl methyl sites for hydroxylation is 2. The number of hydrogen-bond donors (Lipinski definition) is 0. The smallest absolute Gasteiger partial charge is 1.00 e. The van der Waals surface area contributed by atoms with Crippen molar-refractivity contribution >= 4 is 12.2 Å². The average molecular weight is 882 g/mol. The van der Waals surface area contributed by atoms with Gasteiger partial charge >= 0.3 is 303 Å². The van der Waals surface area contributed by atoms with E-state index in [2.05, 4.69) is 125 Å². The predicted molar refractivity (Wildman–Crippen MR) is 209 cm³/mol. The Hall–Kier alpha value is -2.19. The summed E-state index contributed by atoms with van der Waals surface area (Å²) in [5.74, 6) is 0. The van der Waals surface area contributed by atoms with E-state index in [4.69, 9.17) is 0 Å². The van der Waals surface area contributed by atoms with Gasteiger partial charge in [-0.1, -0.05) is 0 Å². The second-order valence-electron chi connectivity index (χ2n) is 15.7. The Morgan fingerprint density at radius 3 is 1.31 bits per heavy atom. The summed E-state index contributed by atoms with van der Waals surface area (Å²) < 4.78 is 3.52. The molecule has 0 N–H and O–H groups in total. The van der Waals surface area contributed by atoms with Gasteiger partial charge in [-0.25, -0.2) is 0 Å². The first-order chi connectivity index (χ1) is 24.1. The van der Waals surface area contributed by atoms with E-state index in [0.717, 1.165) is 27.5 Å². The molecule has 51 heavy (non-hydrogen) atoms. The van der Waals surface area contributed by atoms with Gasteiger partial charge in [0.25, 0.3) is 0 Å². The molecular formula is C48H56Cl2Hf. The first kappa shape index (κ1) is 38.5. The minimum absolute atomic E-state index is 0. The van der Waals surface area contributed by atoms with E-state index in [1.165, 1.54) is 97.6 Å². The van der Waals surface area contributed by atoms with Gasteiger partial charge in [0.05, 0.1) is 0 Å². The Labute approximate surface area is 325 Å². The molecule has 1 aliphatic heterocycles. The van der Waals surface area contributed by atoms with Crippen LogP contribution in [0.5, 0.6) is 0 Å². The second kappa shape index (κ2) is 16.4. The van der Waals surface area contributed by atoms with Crippen LogP contribution in [0.2, 0.25) is 7.35 Å². The molecule has 1 saturated heterocycles. The van der Waals surface area contributed by atoms with Gasteiger partial charge in [0.1, 0.15) is 0 Å². The van der Waals surface area contributed by atoms with E-state index in [0.29, 0.717) is 0 Å². The molecular weight excluding hydrogens is 826 g/mol. The maximum atomic E-state index is 2.75. The summed E-state index contributed by atoms with van der Waals surface area (Å²) >= 11 is -3.24. The maximum Gasteiger partial charge on any atom is -1.00 e. The van der Waals surface area contributed by atoms with Gasteiger partial charge in [-0.05, 0) is 0 Å². The molecule has 1 saturated carbocycles. The first-order valence-electron chi connectivity index (χ1n) is 20.0. The zero-order valence-corrected chi connectivity index (χ0v) is 36.4. The Morgan fingerprint density at radius 1 is 0.529 bits per heavy atom. The molecule has 3 heteroatoms. The van der Waals surface area contributed by atoms with Crippen LogP contribution in [0.15, 0.2) is 96.1 Å². The number of hydrogen-bond acceptors (Lipinski definition) is 0. The third kappa shape index (κ3) is 6.65. The number of halogens is 2. The molecule has 0 nitrogen and oxygen atoms in total. The van der Waals surface area contributed by atoms with Gasteiger partial charge in [-0.15, -0.1) is 0 Å². The van der Waals surface area contributed by atoms with Crippen molar-refractivity contribution in [2.45, 2.75) is 119 Å². The van der Waals surface area contributed by atoms with Gasteiger partial charge in [0, 0.05) is 0 Å². The molecule has 1 heterocycles. The van der Waals surface area contributed by atoms with Crippen LogP contribution >= 0.6 is 0 Å². The van der Waals surface area contributed by atoms with Crippen molar-refractivity contribution in [2.24, 2.45) is 0 Å². The van der Waals surface area contributed by atoms with Crippen molar-refractivity contribution in [1.29, 1.82) is 0 Å². The quantitative estimate of drug-likeness (QED) is 0.126. The topological polar surface area (TPSA) is 0 Å². The molecule has 4 aromatic rings. The van der Waals surface area contributed by atoms with Gasteiger partial charge in [-0.3, -0.25) is 0 Å².